The highest BCUT2D eigenvalue weighted by Crippen LogP contribution is 2.09. The molecule has 0 aromatic heterocycles. The summed E-state index contributed by atoms with van der Waals surface area (Å²) in [5, 5.41) is 0. The Morgan fingerprint density at radius 1 is 1.14 bits per heavy atom. The van der Waals surface area contributed by atoms with E-state index in [-0.39, 0.29) is 5.91 Å². The van der Waals surface area contributed by atoms with E-state index in [1.54, 1.807) is 0 Å². The van der Waals surface area contributed by atoms with Gasteiger partial charge in [-0.2, -0.15) is 0 Å². The van der Waals surface area contributed by atoms with Crippen molar-refractivity contribution in [2.24, 2.45) is 11.7 Å². The zero-order chi connectivity index (χ0) is 15.2. The molecule has 1 fully saturated rings. The average Bonchev–Trinajstić information content (AvgIpc) is 2.47. The quantitative estimate of drug-likeness (QED) is 0.890. The van der Waals surface area contributed by atoms with E-state index in [9.17, 15) is 4.79 Å². The number of carbonyl (C=O) groups excluding carboxylic acids is 1. The van der Waals surface area contributed by atoms with Crippen molar-refractivity contribution in [3.63, 3.8) is 0 Å². The van der Waals surface area contributed by atoms with Gasteiger partial charge in [-0.05, 0) is 17.9 Å². The van der Waals surface area contributed by atoms with Crippen LogP contribution in [0.2, 0.25) is 0 Å². The summed E-state index contributed by atoms with van der Waals surface area (Å²) >= 11 is 0. The Labute approximate surface area is 127 Å². The molecule has 0 saturated carbocycles. The molecule has 116 valence electrons. The summed E-state index contributed by atoms with van der Waals surface area (Å²) in [5.74, 6) is 0.760. The number of hydrogen-bond acceptors (Lipinski definition) is 3. The first kappa shape index (κ1) is 16.0. The lowest BCUT2D eigenvalue weighted by molar-refractivity contribution is -0.134. The van der Waals surface area contributed by atoms with Gasteiger partial charge in [0, 0.05) is 32.7 Å². The molecule has 1 amide bonds. The molecule has 2 rings (SSSR count). The molecule has 1 aromatic rings. The van der Waals surface area contributed by atoms with Gasteiger partial charge in [0.2, 0.25) is 5.91 Å². The number of nitrogens with two attached hydrogens (primary N) is 1. The van der Waals surface area contributed by atoms with Crippen molar-refractivity contribution in [2.45, 2.75) is 26.3 Å². The molecule has 0 aliphatic carbocycles. The van der Waals surface area contributed by atoms with Crippen molar-refractivity contribution in [3.8, 4) is 0 Å². The summed E-state index contributed by atoms with van der Waals surface area (Å²) in [6.07, 6.45) is 0.617. The smallest absolute Gasteiger partial charge is 0.239 e. The Balaban J connectivity index is 1.81. The Bertz CT molecular complexity index is 439. The van der Waals surface area contributed by atoms with E-state index in [4.69, 9.17) is 5.73 Å². The van der Waals surface area contributed by atoms with Crippen LogP contribution in [0.4, 0.5) is 0 Å². The molecule has 1 saturated heterocycles. The summed E-state index contributed by atoms with van der Waals surface area (Å²) < 4.78 is 0. The third-order valence-electron chi connectivity index (χ3n) is 3.92. The molecule has 4 nitrogen and oxygen atoms in total. The molecule has 1 heterocycles. The number of carbonyl (C=O) groups is 1. The second-order valence-electron chi connectivity index (χ2n) is 6.32. The lowest BCUT2D eigenvalue weighted by atomic mass is 10.1. The molecule has 1 aliphatic heterocycles. The summed E-state index contributed by atoms with van der Waals surface area (Å²) in [6, 6.07) is 9.56. The maximum atomic E-state index is 12.4. The van der Waals surface area contributed by atoms with Gasteiger partial charge in [-0.3, -0.25) is 9.69 Å². The fourth-order valence-electron chi connectivity index (χ4n) is 2.86. The maximum Gasteiger partial charge on any atom is 0.239 e. The van der Waals surface area contributed by atoms with Crippen LogP contribution in [0.3, 0.4) is 0 Å². The average molecular weight is 289 g/mol. The molecule has 21 heavy (non-hydrogen) atoms. The minimum absolute atomic E-state index is 0.0862. The van der Waals surface area contributed by atoms with Gasteiger partial charge in [0.05, 0.1) is 6.04 Å². The van der Waals surface area contributed by atoms with E-state index >= 15 is 0 Å². The molecule has 2 N–H and O–H groups in total. The zero-order valence-electron chi connectivity index (χ0n) is 13.2. The van der Waals surface area contributed by atoms with E-state index in [1.807, 2.05) is 35.2 Å². The second kappa shape index (κ2) is 7.57. The van der Waals surface area contributed by atoms with Crippen LogP contribution < -0.4 is 5.73 Å². The standard InChI is InChI=1S/C17H27N3O/c1-14(2)13-19-8-10-20(11-9-19)17(21)16(18)12-15-6-4-3-5-7-15/h3-7,14,16H,8-13,18H2,1-2H3/t16-/m1/s1. The first-order valence-corrected chi connectivity index (χ1v) is 7.87. The van der Waals surface area contributed by atoms with Crippen LogP contribution in [0.25, 0.3) is 0 Å². The van der Waals surface area contributed by atoms with Crippen molar-refractivity contribution in [1.29, 1.82) is 0 Å². The minimum atomic E-state index is -0.427. The number of hydrogen-bond donors (Lipinski definition) is 1. The number of benzene rings is 1. The van der Waals surface area contributed by atoms with Crippen molar-refractivity contribution in [1.82, 2.24) is 9.80 Å². The Morgan fingerprint density at radius 2 is 1.76 bits per heavy atom. The van der Waals surface area contributed by atoms with Crippen molar-refractivity contribution in [2.75, 3.05) is 32.7 Å². The molecular weight excluding hydrogens is 262 g/mol. The molecule has 0 spiro atoms. The summed E-state index contributed by atoms with van der Waals surface area (Å²) in [7, 11) is 0. The Morgan fingerprint density at radius 3 is 2.33 bits per heavy atom. The molecule has 1 atom stereocenters. The van der Waals surface area contributed by atoms with Gasteiger partial charge in [-0.25, -0.2) is 0 Å². The number of nitrogens with zero attached hydrogens (tertiary/aromatic N) is 2. The van der Waals surface area contributed by atoms with E-state index in [2.05, 4.69) is 18.7 Å². The molecule has 4 heteroatoms. The predicted molar refractivity (Wildman–Crippen MR) is 86.0 cm³/mol. The van der Waals surface area contributed by atoms with Gasteiger partial charge >= 0.3 is 0 Å². The highest BCUT2D eigenvalue weighted by atomic mass is 16.2. The summed E-state index contributed by atoms with van der Waals surface area (Å²) in [6.45, 7) is 9.09. The largest absolute Gasteiger partial charge is 0.339 e. The molecule has 0 radical (unpaired) electrons. The zero-order valence-corrected chi connectivity index (χ0v) is 13.2. The van der Waals surface area contributed by atoms with Gasteiger partial charge in [0.25, 0.3) is 0 Å². The highest BCUT2D eigenvalue weighted by molar-refractivity contribution is 5.82. The van der Waals surface area contributed by atoms with Crippen LogP contribution >= 0.6 is 0 Å². The molecule has 0 bridgehead atoms. The van der Waals surface area contributed by atoms with Crippen molar-refractivity contribution >= 4 is 5.91 Å². The van der Waals surface area contributed by atoms with E-state index < -0.39 is 6.04 Å². The van der Waals surface area contributed by atoms with E-state index in [0.717, 1.165) is 38.3 Å². The van der Waals surface area contributed by atoms with Gasteiger partial charge < -0.3 is 10.6 Å². The molecule has 1 aromatic carbocycles. The molecular formula is C17H27N3O. The summed E-state index contributed by atoms with van der Waals surface area (Å²) in [5.41, 5.74) is 7.21. The number of rotatable bonds is 5. The highest BCUT2D eigenvalue weighted by Gasteiger charge is 2.25. The maximum absolute atomic E-state index is 12.4. The summed E-state index contributed by atoms with van der Waals surface area (Å²) in [4.78, 5) is 16.8. The predicted octanol–water partition coefficient (Wildman–Crippen LogP) is 1.36. The molecule has 0 unspecified atom stereocenters. The molecule has 1 aliphatic rings. The minimum Gasteiger partial charge on any atom is -0.339 e. The second-order valence-corrected chi connectivity index (χ2v) is 6.32. The van der Waals surface area contributed by atoms with E-state index in [1.165, 1.54) is 0 Å². The van der Waals surface area contributed by atoms with Crippen LogP contribution in [0.15, 0.2) is 30.3 Å². The monoisotopic (exact) mass is 289 g/mol. The Kier molecular flexibility index (Phi) is 5.76. The fraction of sp³-hybridized carbons (Fsp3) is 0.588. The number of piperazine rings is 1. The topological polar surface area (TPSA) is 49.6 Å². The third-order valence-corrected chi connectivity index (χ3v) is 3.92. The first-order chi connectivity index (χ1) is 10.1. The van der Waals surface area contributed by atoms with Crippen LogP contribution in [-0.2, 0) is 11.2 Å². The van der Waals surface area contributed by atoms with Crippen LogP contribution in [-0.4, -0.2) is 54.5 Å². The lowest BCUT2D eigenvalue weighted by Gasteiger charge is -2.36. The third kappa shape index (κ3) is 4.83. The van der Waals surface area contributed by atoms with Crippen LogP contribution in [0, 0.1) is 5.92 Å². The SMILES string of the molecule is CC(C)CN1CCN(C(=O)[C@H](N)Cc2ccccc2)CC1. The van der Waals surface area contributed by atoms with Gasteiger partial charge in [-0.1, -0.05) is 44.2 Å². The van der Waals surface area contributed by atoms with Gasteiger partial charge in [0.15, 0.2) is 0 Å². The normalized spacial score (nSPS) is 18.0. The van der Waals surface area contributed by atoms with Gasteiger partial charge in [-0.15, -0.1) is 0 Å². The van der Waals surface area contributed by atoms with Gasteiger partial charge in [0.1, 0.15) is 0 Å². The van der Waals surface area contributed by atoms with Crippen molar-refractivity contribution in [3.05, 3.63) is 35.9 Å². The first-order valence-electron chi connectivity index (χ1n) is 7.87. The van der Waals surface area contributed by atoms with E-state index in [0.29, 0.717) is 12.3 Å². The van der Waals surface area contributed by atoms with Crippen LogP contribution in [0.1, 0.15) is 19.4 Å². The van der Waals surface area contributed by atoms with Crippen molar-refractivity contribution < 1.29 is 4.79 Å². The lowest BCUT2D eigenvalue weighted by Crippen LogP contribution is -2.54. The number of amides is 1. The van der Waals surface area contributed by atoms with Crippen LogP contribution in [0.5, 0.6) is 0 Å². The fourth-order valence-corrected chi connectivity index (χ4v) is 2.86. The Hall–Kier alpha value is -1.39.